The fourth-order valence-electron chi connectivity index (χ4n) is 1.53. The van der Waals surface area contributed by atoms with Crippen LogP contribution in [0, 0.1) is 0 Å². The van der Waals surface area contributed by atoms with Gasteiger partial charge in [-0.1, -0.05) is 36.4 Å². The molecule has 0 saturated heterocycles. The monoisotopic (exact) mass is 243 g/mol. The lowest BCUT2D eigenvalue weighted by atomic mass is 9.78. The number of rotatable bonds is 7. The maximum absolute atomic E-state index is 12.6. The Morgan fingerprint density at radius 1 is 1.24 bits per heavy atom. The van der Waals surface area contributed by atoms with Crippen molar-refractivity contribution in [1.82, 2.24) is 0 Å². The molecular formula is C12H15BF3O-. The molecule has 1 aromatic carbocycles. The van der Waals surface area contributed by atoms with E-state index < -0.39 is 13.0 Å². The normalized spacial score (nSPS) is 13.4. The molecule has 0 aromatic heterocycles. The van der Waals surface area contributed by atoms with Crippen LogP contribution in [0.3, 0.4) is 0 Å². The molecule has 5 heteroatoms. The van der Waals surface area contributed by atoms with Crippen LogP contribution in [0.15, 0.2) is 43.0 Å². The summed E-state index contributed by atoms with van der Waals surface area (Å²) in [6, 6.07) is 7.43. The second kappa shape index (κ2) is 6.50. The Balaban J connectivity index is 2.52. The van der Waals surface area contributed by atoms with E-state index in [9.17, 15) is 12.9 Å². The molecule has 1 rings (SSSR count). The predicted octanol–water partition coefficient (Wildman–Crippen LogP) is 3.58. The van der Waals surface area contributed by atoms with Crippen LogP contribution in [0.1, 0.15) is 12.0 Å². The SMILES string of the molecule is C=CCOC(CCc1ccccc1)[B-](F)(F)F. The summed E-state index contributed by atoms with van der Waals surface area (Å²) in [6.07, 6.45) is 1.66. The molecule has 17 heavy (non-hydrogen) atoms. The largest absolute Gasteiger partial charge is 0.506 e. The van der Waals surface area contributed by atoms with Gasteiger partial charge < -0.3 is 17.7 Å². The number of hydrogen-bond acceptors (Lipinski definition) is 1. The van der Waals surface area contributed by atoms with E-state index in [2.05, 4.69) is 6.58 Å². The summed E-state index contributed by atoms with van der Waals surface area (Å²) in [5, 5.41) is 0. The third-order valence-corrected chi connectivity index (χ3v) is 2.41. The molecule has 0 aliphatic rings. The van der Waals surface area contributed by atoms with Crippen LogP contribution in [0.2, 0.25) is 0 Å². The highest BCUT2D eigenvalue weighted by Gasteiger charge is 2.35. The fourth-order valence-corrected chi connectivity index (χ4v) is 1.53. The Labute approximate surface area is 99.3 Å². The third kappa shape index (κ3) is 5.09. The van der Waals surface area contributed by atoms with Gasteiger partial charge in [0.1, 0.15) is 0 Å². The zero-order chi connectivity index (χ0) is 12.7. The number of hydrogen-bond donors (Lipinski definition) is 0. The van der Waals surface area contributed by atoms with E-state index in [0.717, 1.165) is 5.56 Å². The topological polar surface area (TPSA) is 9.23 Å². The number of halogens is 3. The van der Waals surface area contributed by atoms with Gasteiger partial charge in [-0.2, -0.15) is 0 Å². The molecule has 1 aromatic rings. The molecule has 0 amide bonds. The highest BCUT2D eigenvalue weighted by molar-refractivity contribution is 6.60. The third-order valence-electron chi connectivity index (χ3n) is 2.41. The first-order valence-corrected chi connectivity index (χ1v) is 5.50. The van der Waals surface area contributed by atoms with Crippen molar-refractivity contribution in [2.45, 2.75) is 18.8 Å². The van der Waals surface area contributed by atoms with Crippen molar-refractivity contribution in [3.63, 3.8) is 0 Å². The summed E-state index contributed by atoms with van der Waals surface area (Å²) in [5.41, 5.74) is 0.889. The molecule has 0 saturated carbocycles. The lowest BCUT2D eigenvalue weighted by molar-refractivity contribution is 0.0912. The van der Waals surface area contributed by atoms with Crippen molar-refractivity contribution in [2.24, 2.45) is 0 Å². The lowest BCUT2D eigenvalue weighted by Gasteiger charge is -2.26. The first-order chi connectivity index (χ1) is 8.04. The van der Waals surface area contributed by atoms with Gasteiger partial charge in [-0.25, -0.2) is 0 Å². The van der Waals surface area contributed by atoms with Gasteiger partial charge in [0.25, 0.3) is 0 Å². The highest BCUT2D eigenvalue weighted by atomic mass is 19.4. The summed E-state index contributed by atoms with van der Waals surface area (Å²) >= 11 is 0. The minimum atomic E-state index is -4.96. The minimum Gasteiger partial charge on any atom is -0.447 e. The quantitative estimate of drug-likeness (QED) is 0.525. The average Bonchev–Trinajstić information content (AvgIpc) is 2.29. The van der Waals surface area contributed by atoms with E-state index in [1.165, 1.54) is 6.08 Å². The Hall–Kier alpha value is -1.23. The van der Waals surface area contributed by atoms with Crippen molar-refractivity contribution in [1.29, 1.82) is 0 Å². The van der Waals surface area contributed by atoms with Crippen molar-refractivity contribution in [3.05, 3.63) is 48.6 Å². The molecule has 0 heterocycles. The Morgan fingerprint density at radius 2 is 1.88 bits per heavy atom. The van der Waals surface area contributed by atoms with E-state index in [1.807, 2.05) is 30.3 Å². The van der Waals surface area contributed by atoms with Crippen LogP contribution in [0.4, 0.5) is 12.9 Å². The first kappa shape index (κ1) is 13.8. The second-order valence-corrected chi connectivity index (χ2v) is 3.81. The zero-order valence-corrected chi connectivity index (χ0v) is 9.49. The summed E-state index contributed by atoms with van der Waals surface area (Å²) < 4.78 is 42.7. The lowest BCUT2D eigenvalue weighted by Crippen LogP contribution is -2.37. The van der Waals surface area contributed by atoms with E-state index in [1.54, 1.807) is 0 Å². The summed E-state index contributed by atoms with van der Waals surface area (Å²) in [6.45, 7) is -1.68. The van der Waals surface area contributed by atoms with Crippen LogP contribution in [0.5, 0.6) is 0 Å². The number of ether oxygens (including phenoxy) is 1. The first-order valence-electron chi connectivity index (χ1n) is 5.50. The summed E-state index contributed by atoms with van der Waals surface area (Å²) in [4.78, 5) is 0. The molecule has 0 aliphatic carbocycles. The molecule has 0 bridgehead atoms. The van der Waals surface area contributed by atoms with Gasteiger partial charge in [0.05, 0.1) is 6.61 Å². The Kier molecular flexibility index (Phi) is 5.29. The number of benzene rings is 1. The van der Waals surface area contributed by atoms with Gasteiger partial charge in [-0.3, -0.25) is 0 Å². The van der Waals surface area contributed by atoms with E-state index >= 15 is 0 Å². The van der Waals surface area contributed by atoms with Crippen molar-refractivity contribution in [3.8, 4) is 0 Å². The maximum atomic E-state index is 12.6. The Bertz CT molecular complexity index is 337. The Morgan fingerprint density at radius 3 is 2.41 bits per heavy atom. The smallest absolute Gasteiger partial charge is 0.447 e. The summed E-state index contributed by atoms with van der Waals surface area (Å²) in [5.74, 6) is 0. The van der Waals surface area contributed by atoms with Crippen LogP contribution < -0.4 is 0 Å². The molecule has 94 valence electrons. The molecular weight excluding hydrogens is 228 g/mol. The summed E-state index contributed by atoms with van der Waals surface area (Å²) in [7, 11) is 0. The van der Waals surface area contributed by atoms with Crippen LogP contribution in [-0.2, 0) is 11.2 Å². The molecule has 0 aliphatic heterocycles. The molecule has 1 nitrogen and oxygen atoms in total. The molecule has 0 fully saturated rings. The zero-order valence-electron chi connectivity index (χ0n) is 9.49. The molecule has 0 N–H and O–H groups in total. The minimum absolute atomic E-state index is 0.0403. The van der Waals surface area contributed by atoms with E-state index in [4.69, 9.17) is 4.74 Å². The molecule has 0 spiro atoms. The van der Waals surface area contributed by atoms with Crippen LogP contribution in [-0.4, -0.2) is 19.6 Å². The van der Waals surface area contributed by atoms with Gasteiger partial charge in [-0.15, -0.1) is 6.58 Å². The molecule has 1 unspecified atom stereocenters. The molecule has 1 atom stereocenters. The maximum Gasteiger partial charge on any atom is 0.506 e. The van der Waals surface area contributed by atoms with Crippen molar-refractivity contribution >= 4 is 6.98 Å². The average molecular weight is 243 g/mol. The van der Waals surface area contributed by atoms with Gasteiger partial charge in [-0.05, 0) is 18.4 Å². The molecule has 0 radical (unpaired) electrons. The van der Waals surface area contributed by atoms with Crippen LogP contribution in [0.25, 0.3) is 0 Å². The van der Waals surface area contributed by atoms with Crippen LogP contribution >= 0.6 is 0 Å². The highest BCUT2D eigenvalue weighted by Crippen LogP contribution is 2.21. The number of aryl methyl sites for hydroxylation is 1. The standard InChI is InChI=1S/C12H15BF3O/c1-2-10-17-12(13(14,15)16)9-8-11-6-4-3-5-7-11/h2-7,12H,1,8-10H2/q-1. The van der Waals surface area contributed by atoms with E-state index in [0.29, 0.717) is 6.42 Å². The van der Waals surface area contributed by atoms with Crippen molar-refractivity contribution in [2.75, 3.05) is 6.61 Å². The predicted molar refractivity (Wildman–Crippen MR) is 63.8 cm³/mol. The van der Waals surface area contributed by atoms with Gasteiger partial charge >= 0.3 is 6.98 Å². The fraction of sp³-hybridized carbons (Fsp3) is 0.333. The van der Waals surface area contributed by atoms with Crippen molar-refractivity contribution < 1.29 is 17.7 Å². The second-order valence-electron chi connectivity index (χ2n) is 3.81. The van der Waals surface area contributed by atoms with Gasteiger partial charge in [0.2, 0.25) is 0 Å². The van der Waals surface area contributed by atoms with Gasteiger partial charge in [0, 0.05) is 6.00 Å². The van der Waals surface area contributed by atoms with Gasteiger partial charge in [0.15, 0.2) is 0 Å². The van der Waals surface area contributed by atoms with E-state index in [-0.39, 0.29) is 13.0 Å².